The Morgan fingerprint density at radius 2 is 0.927 bits per heavy atom. The Labute approximate surface area is 236 Å². The van der Waals surface area contributed by atoms with Crippen LogP contribution in [0.25, 0.3) is 44.3 Å². The number of benzene rings is 2. The first-order valence-electron chi connectivity index (χ1n) is 12.8. The molecule has 6 aromatic rings. The van der Waals surface area contributed by atoms with Gasteiger partial charge in [-0.05, 0) is 72.8 Å². The molecule has 0 saturated heterocycles. The van der Waals surface area contributed by atoms with E-state index in [-0.39, 0.29) is 0 Å². The molecule has 6 rings (SSSR count). The third-order valence-electron chi connectivity index (χ3n) is 6.68. The van der Waals surface area contributed by atoms with E-state index in [0.717, 1.165) is 32.9 Å². The van der Waals surface area contributed by atoms with Crippen LogP contribution in [0.2, 0.25) is 0 Å². The van der Waals surface area contributed by atoms with Crippen LogP contribution in [-0.4, -0.2) is 48.4 Å². The maximum absolute atomic E-state index is 6.52. The lowest BCUT2D eigenvalue weighted by Crippen LogP contribution is -1.98. The summed E-state index contributed by atoms with van der Waals surface area (Å²) in [4.78, 5) is 19.0. The van der Waals surface area contributed by atoms with Crippen molar-refractivity contribution in [3.63, 3.8) is 0 Å². The van der Waals surface area contributed by atoms with Crippen molar-refractivity contribution in [1.82, 2.24) is 19.9 Å². The average Bonchev–Trinajstić information content (AvgIpc) is 3.03. The van der Waals surface area contributed by atoms with Crippen LogP contribution in [0.15, 0.2) is 85.2 Å². The highest BCUT2D eigenvalue weighted by atomic mass is 16.5. The van der Waals surface area contributed by atoms with E-state index in [1.807, 2.05) is 72.8 Å². The molecule has 0 bridgehead atoms. The summed E-state index contributed by atoms with van der Waals surface area (Å²) >= 11 is 0. The van der Waals surface area contributed by atoms with Gasteiger partial charge in [-0.3, -0.25) is 9.97 Å². The minimum atomic E-state index is 0.363. The molecule has 0 aliphatic carbocycles. The maximum Gasteiger partial charge on any atom is 0.231 e. The molecule has 0 aliphatic rings. The van der Waals surface area contributed by atoms with Crippen LogP contribution in [0.1, 0.15) is 0 Å². The van der Waals surface area contributed by atoms with Crippen LogP contribution in [0.4, 0.5) is 0 Å². The number of aromatic nitrogens is 4. The largest absolute Gasteiger partial charge is 0.493 e. The van der Waals surface area contributed by atoms with Crippen molar-refractivity contribution in [2.45, 2.75) is 0 Å². The maximum atomic E-state index is 6.52. The fourth-order valence-electron chi connectivity index (χ4n) is 4.62. The first kappa shape index (κ1) is 25.8. The van der Waals surface area contributed by atoms with Gasteiger partial charge in [-0.25, -0.2) is 9.97 Å². The quantitative estimate of drug-likeness (QED) is 0.206. The van der Waals surface area contributed by atoms with E-state index in [0.29, 0.717) is 46.1 Å². The minimum Gasteiger partial charge on any atom is -0.493 e. The second-order valence-corrected chi connectivity index (χ2v) is 9.01. The Balaban J connectivity index is 1.50. The molecule has 0 fully saturated rings. The zero-order valence-electron chi connectivity index (χ0n) is 22.9. The van der Waals surface area contributed by atoms with Crippen molar-refractivity contribution in [2.75, 3.05) is 28.4 Å². The van der Waals surface area contributed by atoms with Crippen molar-refractivity contribution in [3.05, 3.63) is 85.2 Å². The van der Waals surface area contributed by atoms with Crippen LogP contribution in [0.3, 0.4) is 0 Å². The second-order valence-electron chi connectivity index (χ2n) is 9.01. The first-order valence-corrected chi connectivity index (χ1v) is 12.8. The van der Waals surface area contributed by atoms with Gasteiger partial charge in [0.05, 0.1) is 61.6 Å². The highest BCUT2D eigenvalue weighted by Crippen LogP contribution is 2.38. The summed E-state index contributed by atoms with van der Waals surface area (Å²) in [6.07, 6.45) is 3.47. The smallest absolute Gasteiger partial charge is 0.231 e. The van der Waals surface area contributed by atoms with Crippen LogP contribution >= 0.6 is 0 Å². The van der Waals surface area contributed by atoms with Gasteiger partial charge >= 0.3 is 0 Å². The third-order valence-corrected chi connectivity index (χ3v) is 6.68. The van der Waals surface area contributed by atoms with E-state index < -0.39 is 0 Å². The lowest BCUT2D eigenvalue weighted by Gasteiger charge is -2.14. The van der Waals surface area contributed by atoms with Gasteiger partial charge in [-0.1, -0.05) is 0 Å². The third kappa shape index (κ3) is 4.89. The molecule has 4 aromatic heterocycles. The van der Waals surface area contributed by atoms with Crippen LogP contribution in [0, 0.1) is 0 Å². The molecule has 0 amide bonds. The second kappa shape index (κ2) is 11.0. The number of hydrogen-bond donors (Lipinski definition) is 0. The van der Waals surface area contributed by atoms with Gasteiger partial charge in [0.1, 0.15) is 0 Å². The van der Waals surface area contributed by atoms with Crippen LogP contribution in [0.5, 0.6) is 34.8 Å². The van der Waals surface area contributed by atoms with Crippen molar-refractivity contribution >= 4 is 21.8 Å². The molecule has 0 N–H and O–H groups in total. The molecule has 9 heteroatoms. The van der Waals surface area contributed by atoms with E-state index in [4.69, 9.17) is 33.7 Å². The Kier molecular flexibility index (Phi) is 6.91. The predicted octanol–water partition coefficient (Wildman–Crippen LogP) is 6.73. The number of ether oxygens (including phenoxy) is 5. The average molecular weight is 547 g/mol. The summed E-state index contributed by atoms with van der Waals surface area (Å²) in [6, 6.07) is 22.6. The molecular formula is C32H26N4O5. The zero-order valence-corrected chi connectivity index (χ0v) is 22.9. The SMILES string of the molecule is COc1ccc(-c2cc3ncccc3c(Oc3nc(-c4ccc(OC)c(OC)c4)cc4ncccc34)n2)cc1OC. The van der Waals surface area contributed by atoms with Gasteiger partial charge in [-0.2, -0.15) is 0 Å². The lowest BCUT2D eigenvalue weighted by molar-refractivity contribution is 0.355. The van der Waals surface area contributed by atoms with Gasteiger partial charge in [0.2, 0.25) is 11.8 Å². The molecular weight excluding hydrogens is 520 g/mol. The molecule has 0 atom stereocenters. The summed E-state index contributed by atoms with van der Waals surface area (Å²) in [5.74, 6) is 3.17. The molecule has 0 saturated carbocycles. The Morgan fingerprint density at radius 3 is 1.34 bits per heavy atom. The van der Waals surface area contributed by atoms with Crippen LogP contribution in [-0.2, 0) is 0 Å². The van der Waals surface area contributed by atoms with Crippen LogP contribution < -0.4 is 23.7 Å². The molecule has 0 aliphatic heterocycles. The van der Waals surface area contributed by atoms with E-state index in [2.05, 4.69) is 9.97 Å². The Morgan fingerprint density at radius 1 is 0.488 bits per heavy atom. The van der Waals surface area contributed by atoms with E-state index >= 15 is 0 Å². The molecule has 2 aromatic carbocycles. The number of fused-ring (bicyclic) bond motifs is 2. The number of methoxy groups -OCH3 is 4. The highest BCUT2D eigenvalue weighted by Gasteiger charge is 2.17. The van der Waals surface area contributed by atoms with E-state index in [1.165, 1.54) is 0 Å². The molecule has 0 radical (unpaired) electrons. The summed E-state index contributed by atoms with van der Waals surface area (Å²) in [6.45, 7) is 0. The molecule has 41 heavy (non-hydrogen) atoms. The fraction of sp³-hybridized carbons (Fsp3) is 0.125. The number of hydrogen-bond acceptors (Lipinski definition) is 9. The Hall–Kier alpha value is -5.44. The Bertz CT molecular complexity index is 1760. The fourth-order valence-corrected chi connectivity index (χ4v) is 4.62. The number of rotatable bonds is 8. The van der Waals surface area contributed by atoms with Gasteiger partial charge in [0.25, 0.3) is 0 Å². The van der Waals surface area contributed by atoms with E-state index in [1.54, 1.807) is 40.8 Å². The summed E-state index contributed by atoms with van der Waals surface area (Å²) in [5.41, 5.74) is 4.40. The summed E-state index contributed by atoms with van der Waals surface area (Å²) in [5, 5.41) is 1.49. The number of pyridine rings is 4. The highest BCUT2D eigenvalue weighted by molar-refractivity contribution is 5.90. The first-order chi connectivity index (χ1) is 20.1. The van der Waals surface area contributed by atoms with Crippen molar-refractivity contribution in [3.8, 4) is 57.3 Å². The summed E-state index contributed by atoms with van der Waals surface area (Å²) in [7, 11) is 6.40. The molecule has 0 unspecified atom stereocenters. The monoisotopic (exact) mass is 546 g/mol. The normalized spacial score (nSPS) is 10.9. The minimum absolute atomic E-state index is 0.363. The molecule has 9 nitrogen and oxygen atoms in total. The molecule has 4 heterocycles. The van der Waals surface area contributed by atoms with Crippen molar-refractivity contribution < 1.29 is 23.7 Å². The molecule has 0 spiro atoms. The molecule has 204 valence electrons. The lowest BCUT2D eigenvalue weighted by atomic mass is 10.1. The predicted molar refractivity (Wildman–Crippen MR) is 156 cm³/mol. The standard InChI is InChI=1S/C32H26N4O5/c1-37-27-11-9-19(15-29(27)39-3)23-17-25-21(7-5-13-33-25)31(35-23)41-32-22-8-6-14-34-26(22)18-24(36-32)20-10-12-28(38-2)30(16-20)40-4/h5-18H,1-4H3. The number of nitrogens with zero attached hydrogens (tertiary/aromatic N) is 4. The topological polar surface area (TPSA) is 97.7 Å². The van der Waals surface area contributed by atoms with Gasteiger partial charge in [-0.15, -0.1) is 0 Å². The summed E-state index contributed by atoms with van der Waals surface area (Å²) < 4.78 is 28.4. The van der Waals surface area contributed by atoms with Crippen molar-refractivity contribution in [1.29, 1.82) is 0 Å². The van der Waals surface area contributed by atoms with Gasteiger partial charge < -0.3 is 23.7 Å². The van der Waals surface area contributed by atoms with E-state index in [9.17, 15) is 0 Å². The zero-order chi connectivity index (χ0) is 28.3. The van der Waals surface area contributed by atoms with Crippen molar-refractivity contribution in [2.24, 2.45) is 0 Å². The van der Waals surface area contributed by atoms with Gasteiger partial charge in [0.15, 0.2) is 23.0 Å². The van der Waals surface area contributed by atoms with Gasteiger partial charge in [0, 0.05) is 23.5 Å².